The molecule has 0 saturated carbocycles. The van der Waals surface area contributed by atoms with Gasteiger partial charge >= 0.3 is 0 Å². The van der Waals surface area contributed by atoms with Gasteiger partial charge in [0.2, 0.25) is 10.0 Å². The number of fused-ring (bicyclic) bond motifs is 1. The van der Waals surface area contributed by atoms with E-state index in [1.54, 1.807) is 42.6 Å². The second-order valence-electron chi connectivity index (χ2n) is 11.9. The summed E-state index contributed by atoms with van der Waals surface area (Å²) in [5.41, 5.74) is 0.337. The molecule has 2 atom stereocenters. The van der Waals surface area contributed by atoms with Crippen molar-refractivity contribution in [2.75, 3.05) is 39.5 Å². The van der Waals surface area contributed by atoms with E-state index in [2.05, 4.69) is 10.3 Å². The van der Waals surface area contributed by atoms with Crippen LogP contribution in [-0.2, 0) is 24.6 Å². The minimum atomic E-state index is -3.78. The molecule has 0 aliphatic carbocycles. The summed E-state index contributed by atoms with van der Waals surface area (Å²) in [5.74, 6) is 0.305. The van der Waals surface area contributed by atoms with Crippen LogP contribution in [0.3, 0.4) is 0 Å². The van der Waals surface area contributed by atoms with Gasteiger partial charge in [0.25, 0.3) is 0 Å². The number of sulfone groups is 1. The Morgan fingerprint density at radius 1 is 1.09 bits per heavy atom. The van der Waals surface area contributed by atoms with Crippen molar-refractivity contribution in [1.82, 2.24) is 14.6 Å². The molecule has 43 heavy (non-hydrogen) atoms. The zero-order valence-electron chi connectivity index (χ0n) is 24.3. The molecule has 2 aliphatic heterocycles. The summed E-state index contributed by atoms with van der Waals surface area (Å²) >= 11 is 0. The van der Waals surface area contributed by atoms with Crippen molar-refractivity contribution in [2.45, 2.75) is 65.4 Å². The molecule has 11 nitrogen and oxygen atoms in total. The van der Waals surface area contributed by atoms with Crippen molar-refractivity contribution in [3.8, 4) is 5.75 Å². The minimum absolute atomic E-state index is 0.0000195. The molecular weight excluding hydrogens is 594 g/mol. The van der Waals surface area contributed by atoms with E-state index >= 15 is 0 Å². The van der Waals surface area contributed by atoms with Crippen LogP contribution in [-0.4, -0.2) is 98.3 Å². The quantitative estimate of drug-likeness (QED) is 0.286. The Morgan fingerprint density at radius 2 is 1.86 bits per heavy atom. The topological polar surface area (TPSA) is 155 Å². The molecule has 0 radical (unpaired) electrons. The Morgan fingerprint density at radius 3 is 2.60 bits per heavy atom. The van der Waals surface area contributed by atoms with Crippen LogP contribution in [0.25, 0.3) is 10.9 Å². The molecule has 2 aromatic carbocycles. The largest absolute Gasteiger partial charge is 0.491 e. The fourth-order valence-corrected chi connectivity index (χ4v) is 8.32. The summed E-state index contributed by atoms with van der Waals surface area (Å²) in [5, 5.41) is 24.1. The average Bonchev–Trinajstić information content (AvgIpc) is 3.40. The highest BCUT2D eigenvalue weighted by Gasteiger charge is 2.44. The van der Waals surface area contributed by atoms with Crippen LogP contribution < -0.4 is 10.1 Å². The predicted molar refractivity (Wildman–Crippen MR) is 161 cm³/mol. The first kappa shape index (κ1) is 31.8. The van der Waals surface area contributed by atoms with E-state index in [1.165, 1.54) is 30.3 Å². The molecule has 2 aliphatic rings. The van der Waals surface area contributed by atoms with Gasteiger partial charge in [0.05, 0.1) is 38.9 Å². The Labute approximate surface area is 252 Å². The fraction of sp³-hybridized carbons (Fsp3) is 0.500. The maximum Gasteiger partial charge on any atom is 0.243 e. The fourth-order valence-electron chi connectivity index (χ4n) is 5.51. The van der Waals surface area contributed by atoms with E-state index in [0.717, 1.165) is 10.9 Å². The number of aliphatic hydroxyl groups is 2. The number of aliphatic hydroxyl groups excluding tert-OH is 2. The molecule has 0 unspecified atom stereocenters. The number of sulfonamides is 1. The highest BCUT2D eigenvalue weighted by Crippen LogP contribution is 2.37. The number of pyridine rings is 1. The van der Waals surface area contributed by atoms with Crippen molar-refractivity contribution < 1.29 is 36.5 Å². The smallest absolute Gasteiger partial charge is 0.243 e. The van der Waals surface area contributed by atoms with Gasteiger partial charge in [-0.2, -0.15) is 4.31 Å². The van der Waals surface area contributed by atoms with E-state index in [4.69, 9.17) is 9.47 Å². The maximum absolute atomic E-state index is 13.3. The summed E-state index contributed by atoms with van der Waals surface area (Å²) < 4.78 is 64.3. The van der Waals surface area contributed by atoms with Crippen LogP contribution >= 0.6 is 0 Å². The number of ether oxygens (including phenoxy) is 2. The summed E-state index contributed by atoms with van der Waals surface area (Å²) in [6.07, 6.45) is 2.69. The maximum atomic E-state index is 13.3. The molecular formula is C30H39N3O8S2. The van der Waals surface area contributed by atoms with E-state index in [9.17, 15) is 27.0 Å². The van der Waals surface area contributed by atoms with Crippen LogP contribution in [0.1, 0.15) is 33.1 Å². The van der Waals surface area contributed by atoms with Gasteiger partial charge in [0, 0.05) is 37.3 Å². The molecule has 0 bridgehead atoms. The molecule has 3 heterocycles. The van der Waals surface area contributed by atoms with Gasteiger partial charge in [0.15, 0.2) is 9.84 Å². The normalized spacial score (nSPS) is 20.4. The number of hydrogen-bond acceptors (Lipinski definition) is 10. The van der Waals surface area contributed by atoms with Gasteiger partial charge in [0.1, 0.15) is 18.5 Å². The minimum Gasteiger partial charge on any atom is -0.491 e. The Balaban J connectivity index is 1.09. The number of aromatic nitrogens is 1. The molecule has 1 aromatic heterocycles. The zero-order valence-corrected chi connectivity index (χ0v) is 26.0. The predicted octanol–water partition coefficient (Wildman–Crippen LogP) is 2.12. The molecule has 3 N–H and O–H groups in total. The summed E-state index contributed by atoms with van der Waals surface area (Å²) in [6, 6.07) is 14.7. The highest BCUT2D eigenvalue weighted by atomic mass is 32.2. The van der Waals surface area contributed by atoms with Crippen LogP contribution in [0.4, 0.5) is 0 Å². The van der Waals surface area contributed by atoms with Crippen LogP contribution in [0, 0.1) is 0 Å². The number of benzene rings is 2. The number of nitrogens with one attached hydrogen (secondary N) is 1. The lowest BCUT2D eigenvalue weighted by molar-refractivity contribution is -0.0312. The molecule has 0 amide bonds. The van der Waals surface area contributed by atoms with Gasteiger partial charge in [-0.15, -0.1) is 0 Å². The third kappa shape index (κ3) is 6.72. The van der Waals surface area contributed by atoms with Crippen LogP contribution in [0.15, 0.2) is 70.6 Å². The third-order valence-corrected chi connectivity index (χ3v) is 12.7. The lowest BCUT2D eigenvalue weighted by Crippen LogP contribution is -2.47. The van der Waals surface area contributed by atoms with E-state index < -0.39 is 42.9 Å². The zero-order chi connectivity index (χ0) is 30.9. The van der Waals surface area contributed by atoms with Gasteiger partial charge < -0.3 is 25.0 Å². The van der Waals surface area contributed by atoms with E-state index in [1.807, 2.05) is 6.07 Å². The first-order valence-corrected chi connectivity index (χ1v) is 17.3. The summed E-state index contributed by atoms with van der Waals surface area (Å²) in [4.78, 5) is 4.56. The molecule has 234 valence electrons. The van der Waals surface area contributed by atoms with Crippen LogP contribution in [0.2, 0.25) is 0 Å². The number of nitrogens with zero attached hydrogens (tertiary/aromatic N) is 2. The Kier molecular flexibility index (Phi) is 9.15. The average molecular weight is 634 g/mol. The van der Waals surface area contributed by atoms with Gasteiger partial charge in [-0.05, 0) is 75.6 Å². The van der Waals surface area contributed by atoms with Gasteiger partial charge in [-0.1, -0.05) is 12.1 Å². The van der Waals surface area contributed by atoms with Crippen molar-refractivity contribution in [3.63, 3.8) is 0 Å². The number of hydrogen-bond donors (Lipinski definition) is 3. The molecule has 13 heteroatoms. The van der Waals surface area contributed by atoms with Gasteiger partial charge in [-0.3, -0.25) is 4.98 Å². The van der Waals surface area contributed by atoms with Crippen molar-refractivity contribution >= 4 is 30.8 Å². The Bertz CT molecular complexity index is 1650. The lowest BCUT2D eigenvalue weighted by Gasteiger charge is -2.38. The standard InChI is InChI=1S/C30H39N3O8S2/c1-29(2,21-34)42(36,37)26-7-3-6-25(16-26)40-20-24(35)18-32-23-17-30(41-19-23)10-13-33(14-11-30)43(38,39)27-8-9-28-22(15-27)5-4-12-31-28/h3-9,12,15-16,23-24,32,34-35H,10-11,13-14,17-21H2,1-2H3/t23-,24+/m1/s1. The summed E-state index contributed by atoms with van der Waals surface area (Å²) in [6.45, 7) is 3.78. The second-order valence-corrected chi connectivity index (χ2v) is 16.4. The molecule has 5 rings (SSSR count). The lowest BCUT2D eigenvalue weighted by atomic mass is 9.88. The summed E-state index contributed by atoms with van der Waals surface area (Å²) in [7, 11) is -7.42. The Hall–Kier alpha value is -2.65. The van der Waals surface area contributed by atoms with Crippen LogP contribution in [0.5, 0.6) is 5.75 Å². The first-order chi connectivity index (χ1) is 20.4. The highest BCUT2D eigenvalue weighted by molar-refractivity contribution is 7.92. The van der Waals surface area contributed by atoms with E-state index in [0.29, 0.717) is 44.7 Å². The number of piperidine rings is 1. The van der Waals surface area contributed by atoms with Crippen molar-refractivity contribution in [2.24, 2.45) is 0 Å². The molecule has 2 saturated heterocycles. The van der Waals surface area contributed by atoms with Crippen molar-refractivity contribution in [3.05, 3.63) is 60.8 Å². The third-order valence-electron chi connectivity index (χ3n) is 8.36. The SMILES string of the molecule is CC(C)(CO)S(=O)(=O)c1cccc(OC[C@@H](O)CN[C@H]2COC3(CCN(S(=O)(=O)c4ccc5ncccc5c4)CC3)C2)c1. The molecule has 2 fully saturated rings. The monoisotopic (exact) mass is 633 g/mol. The van der Waals surface area contributed by atoms with E-state index in [-0.39, 0.29) is 29.0 Å². The van der Waals surface area contributed by atoms with Gasteiger partial charge in [-0.25, -0.2) is 16.8 Å². The molecule has 3 aromatic rings. The van der Waals surface area contributed by atoms with Crippen molar-refractivity contribution in [1.29, 1.82) is 0 Å². The molecule has 1 spiro atoms. The second kappa shape index (κ2) is 12.4. The first-order valence-electron chi connectivity index (χ1n) is 14.3. The number of rotatable bonds is 11.